The monoisotopic (exact) mass is 542 g/mol. The lowest BCUT2D eigenvalue weighted by Crippen LogP contribution is -2.35. The zero-order valence-electron chi connectivity index (χ0n) is 21.0. The van der Waals surface area contributed by atoms with Gasteiger partial charge in [0, 0.05) is 12.2 Å². The van der Waals surface area contributed by atoms with Crippen LogP contribution in [-0.4, -0.2) is 41.6 Å². The van der Waals surface area contributed by atoms with Crippen LogP contribution in [0.15, 0.2) is 76.5 Å². The maximum atomic E-state index is 13.3. The molecule has 0 bridgehead atoms. The van der Waals surface area contributed by atoms with Gasteiger partial charge in [0.25, 0.3) is 10.0 Å². The van der Waals surface area contributed by atoms with Gasteiger partial charge in [-0.15, -0.1) is 0 Å². The van der Waals surface area contributed by atoms with Crippen LogP contribution in [0.2, 0.25) is 0 Å². The summed E-state index contributed by atoms with van der Waals surface area (Å²) in [6.07, 6.45) is 1.43. The van der Waals surface area contributed by atoms with E-state index < -0.39 is 25.1 Å². The highest BCUT2D eigenvalue weighted by Crippen LogP contribution is 2.34. The Balaban J connectivity index is 1.48. The number of fused-ring (bicyclic) bond motifs is 1. The van der Waals surface area contributed by atoms with Crippen LogP contribution in [0.25, 0.3) is 0 Å². The first-order valence-corrected chi connectivity index (χ1v) is 14.9. The van der Waals surface area contributed by atoms with Gasteiger partial charge in [0.2, 0.25) is 5.91 Å². The number of carbonyl (C=O) groups is 1. The van der Waals surface area contributed by atoms with E-state index in [0.717, 1.165) is 5.56 Å². The summed E-state index contributed by atoms with van der Waals surface area (Å²) in [5, 5.41) is 2.34. The SMILES string of the molecule is COc1ccc(S(=O)(=O)N2CCCc3cc(NC(=O)Cc4ccc(S(=O)(=O)C(C)C)cc4)ccc32)cc1. The van der Waals surface area contributed by atoms with E-state index in [2.05, 4.69) is 5.32 Å². The van der Waals surface area contributed by atoms with Crippen LogP contribution >= 0.6 is 0 Å². The van der Waals surface area contributed by atoms with E-state index in [1.807, 2.05) is 0 Å². The molecule has 0 atom stereocenters. The fourth-order valence-electron chi connectivity index (χ4n) is 4.22. The minimum Gasteiger partial charge on any atom is -0.497 e. The third-order valence-corrected chi connectivity index (χ3v) is 10.3. The van der Waals surface area contributed by atoms with Crippen molar-refractivity contribution < 1.29 is 26.4 Å². The number of aryl methyl sites for hydroxylation is 1. The van der Waals surface area contributed by atoms with Gasteiger partial charge in [-0.1, -0.05) is 12.1 Å². The Kier molecular flexibility index (Phi) is 7.61. The van der Waals surface area contributed by atoms with Gasteiger partial charge in [-0.05, 0) is 92.4 Å². The molecule has 0 aromatic heterocycles. The number of benzene rings is 3. The van der Waals surface area contributed by atoms with E-state index in [-0.39, 0.29) is 22.1 Å². The Morgan fingerprint density at radius 1 is 0.946 bits per heavy atom. The molecule has 1 N–H and O–H groups in total. The highest BCUT2D eigenvalue weighted by atomic mass is 32.2. The van der Waals surface area contributed by atoms with E-state index in [0.29, 0.717) is 42.1 Å². The number of anilines is 2. The summed E-state index contributed by atoms with van der Waals surface area (Å²) >= 11 is 0. The number of carbonyl (C=O) groups excluding carboxylic acids is 1. The molecule has 0 saturated heterocycles. The topological polar surface area (TPSA) is 110 Å². The van der Waals surface area contributed by atoms with Crippen LogP contribution < -0.4 is 14.4 Å². The number of sulfone groups is 1. The summed E-state index contributed by atoms with van der Waals surface area (Å²) in [7, 11) is -5.59. The first-order chi connectivity index (χ1) is 17.5. The Labute approximate surface area is 218 Å². The number of nitrogens with zero attached hydrogens (tertiary/aromatic N) is 1. The summed E-state index contributed by atoms with van der Waals surface area (Å²) in [4.78, 5) is 13.1. The predicted octanol–water partition coefficient (Wildman–Crippen LogP) is 4.20. The fraction of sp³-hybridized carbons (Fsp3) is 0.296. The third kappa shape index (κ3) is 5.65. The highest BCUT2D eigenvalue weighted by molar-refractivity contribution is 7.93. The van der Waals surface area contributed by atoms with Crippen LogP contribution in [0, 0.1) is 0 Å². The molecule has 0 aliphatic carbocycles. The molecule has 196 valence electrons. The van der Waals surface area contributed by atoms with Gasteiger partial charge in [-0.2, -0.15) is 0 Å². The number of methoxy groups -OCH3 is 1. The molecule has 1 aliphatic heterocycles. The number of rotatable bonds is 8. The first-order valence-electron chi connectivity index (χ1n) is 11.9. The maximum Gasteiger partial charge on any atom is 0.264 e. The Morgan fingerprint density at radius 2 is 1.59 bits per heavy atom. The number of hydrogen-bond donors (Lipinski definition) is 1. The van der Waals surface area contributed by atoms with Crippen LogP contribution in [0.1, 0.15) is 31.4 Å². The number of amides is 1. The molecule has 4 rings (SSSR count). The molecule has 0 unspecified atom stereocenters. The molecular weight excluding hydrogens is 512 g/mol. The highest BCUT2D eigenvalue weighted by Gasteiger charge is 2.29. The van der Waals surface area contributed by atoms with Crippen molar-refractivity contribution in [2.75, 3.05) is 23.3 Å². The lowest BCUT2D eigenvalue weighted by molar-refractivity contribution is -0.115. The van der Waals surface area contributed by atoms with E-state index in [9.17, 15) is 21.6 Å². The molecule has 0 fully saturated rings. The first kappa shape index (κ1) is 26.7. The Bertz CT molecular complexity index is 1500. The average molecular weight is 543 g/mol. The van der Waals surface area contributed by atoms with Crippen molar-refractivity contribution in [3.63, 3.8) is 0 Å². The quantitative estimate of drug-likeness (QED) is 0.457. The van der Waals surface area contributed by atoms with Gasteiger partial charge in [-0.3, -0.25) is 9.10 Å². The largest absolute Gasteiger partial charge is 0.497 e. The zero-order chi connectivity index (χ0) is 26.8. The molecule has 3 aromatic carbocycles. The summed E-state index contributed by atoms with van der Waals surface area (Å²) in [6.45, 7) is 3.63. The predicted molar refractivity (Wildman–Crippen MR) is 143 cm³/mol. The number of ether oxygens (including phenoxy) is 1. The fourth-order valence-corrected chi connectivity index (χ4v) is 6.83. The normalized spacial score (nSPS) is 13.8. The molecule has 37 heavy (non-hydrogen) atoms. The van der Waals surface area contributed by atoms with Crippen molar-refractivity contribution in [3.05, 3.63) is 77.9 Å². The van der Waals surface area contributed by atoms with Crippen molar-refractivity contribution in [2.24, 2.45) is 0 Å². The van der Waals surface area contributed by atoms with Crippen molar-refractivity contribution in [1.29, 1.82) is 0 Å². The van der Waals surface area contributed by atoms with Gasteiger partial charge in [-0.25, -0.2) is 16.8 Å². The van der Waals surface area contributed by atoms with Crippen LogP contribution in [0.4, 0.5) is 11.4 Å². The van der Waals surface area contributed by atoms with Crippen LogP contribution in [0.3, 0.4) is 0 Å². The van der Waals surface area contributed by atoms with Crippen molar-refractivity contribution >= 4 is 37.1 Å². The molecule has 1 aliphatic rings. The molecule has 1 heterocycles. The zero-order valence-corrected chi connectivity index (χ0v) is 22.6. The summed E-state index contributed by atoms with van der Waals surface area (Å²) in [5.41, 5.74) is 2.70. The molecule has 8 nitrogen and oxygen atoms in total. The third-order valence-electron chi connectivity index (χ3n) is 6.32. The Morgan fingerprint density at radius 3 is 2.22 bits per heavy atom. The second-order valence-corrected chi connectivity index (χ2v) is 13.5. The summed E-state index contributed by atoms with van der Waals surface area (Å²) in [5.74, 6) is 0.327. The van der Waals surface area contributed by atoms with Crippen LogP contribution in [-0.2, 0) is 37.5 Å². The Hall–Kier alpha value is -3.37. The number of sulfonamides is 1. The van der Waals surface area contributed by atoms with Crippen molar-refractivity contribution in [1.82, 2.24) is 0 Å². The van der Waals surface area contributed by atoms with E-state index in [1.54, 1.807) is 56.3 Å². The van der Waals surface area contributed by atoms with Gasteiger partial charge >= 0.3 is 0 Å². The summed E-state index contributed by atoms with van der Waals surface area (Å²) < 4.78 is 57.7. The van der Waals surface area contributed by atoms with Gasteiger partial charge in [0.05, 0.1) is 34.3 Å². The lowest BCUT2D eigenvalue weighted by Gasteiger charge is -2.31. The second kappa shape index (κ2) is 10.5. The average Bonchev–Trinajstić information content (AvgIpc) is 2.88. The van der Waals surface area contributed by atoms with Gasteiger partial charge in [0.15, 0.2) is 9.84 Å². The van der Waals surface area contributed by atoms with Crippen LogP contribution in [0.5, 0.6) is 5.75 Å². The maximum absolute atomic E-state index is 13.3. The molecule has 3 aromatic rings. The molecular formula is C27H30N2O6S2. The lowest BCUT2D eigenvalue weighted by atomic mass is 10.0. The van der Waals surface area contributed by atoms with Gasteiger partial charge < -0.3 is 10.1 Å². The minimum atomic E-state index is -3.75. The van der Waals surface area contributed by atoms with Crippen molar-refractivity contribution in [2.45, 2.75) is 48.2 Å². The number of nitrogens with one attached hydrogen (secondary N) is 1. The molecule has 0 spiro atoms. The number of hydrogen-bond acceptors (Lipinski definition) is 6. The smallest absolute Gasteiger partial charge is 0.264 e. The summed E-state index contributed by atoms with van der Waals surface area (Å²) in [6, 6.07) is 17.8. The molecule has 0 saturated carbocycles. The van der Waals surface area contributed by atoms with E-state index in [4.69, 9.17) is 4.74 Å². The van der Waals surface area contributed by atoms with Gasteiger partial charge in [0.1, 0.15) is 5.75 Å². The second-order valence-electron chi connectivity index (χ2n) is 9.16. The van der Waals surface area contributed by atoms with E-state index >= 15 is 0 Å². The standard InChI is InChI=1S/C27H30N2O6S2/c1-19(2)36(31,32)24-11-6-20(7-12-24)17-27(30)28-22-8-15-26-21(18-22)5-4-16-29(26)37(33,34)25-13-9-23(35-3)10-14-25/h6-15,18-19H,4-5,16-17H2,1-3H3,(H,28,30). The van der Waals surface area contributed by atoms with Crippen molar-refractivity contribution in [3.8, 4) is 5.75 Å². The minimum absolute atomic E-state index is 0.0804. The molecule has 0 radical (unpaired) electrons. The molecule has 10 heteroatoms. The molecule has 1 amide bonds. The van der Waals surface area contributed by atoms with E-state index in [1.165, 1.54) is 35.7 Å².